The van der Waals surface area contributed by atoms with E-state index in [1.165, 1.54) is 41.9 Å². The molecule has 4 aliphatic rings. The summed E-state index contributed by atoms with van der Waals surface area (Å²) in [5.74, 6) is 3.85. The number of aryl methyl sites for hydroxylation is 1. The van der Waals surface area contributed by atoms with Crippen molar-refractivity contribution in [3.05, 3.63) is 27.4 Å². The molecule has 0 aromatic carbocycles. The summed E-state index contributed by atoms with van der Waals surface area (Å²) in [5, 5.41) is 6.50. The zero-order valence-corrected chi connectivity index (χ0v) is 16.9. The molecule has 138 valence electrons. The van der Waals surface area contributed by atoms with E-state index in [1.54, 1.807) is 22.7 Å². The lowest BCUT2D eigenvalue weighted by Gasteiger charge is -2.53. The van der Waals surface area contributed by atoms with Crippen molar-refractivity contribution in [2.75, 3.05) is 6.54 Å². The number of rotatable bonds is 5. The van der Waals surface area contributed by atoms with Crippen LogP contribution in [-0.4, -0.2) is 17.4 Å². The molecule has 4 fully saturated rings. The zero-order valence-electron chi connectivity index (χ0n) is 15.2. The first-order chi connectivity index (χ1) is 12.7. The molecule has 0 aliphatic heterocycles. The number of thiophene rings is 1. The summed E-state index contributed by atoms with van der Waals surface area (Å²) in [6, 6.07) is 4.35. The van der Waals surface area contributed by atoms with Crippen molar-refractivity contribution in [1.29, 1.82) is 0 Å². The van der Waals surface area contributed by atoms with Crippen LogP contribution in [-0.2, 0) is 11.2 Å². The molecular weight excluding hydrogens is 360 g/mol. The number of carbonyl (C=O) groups is 1. The van der Waals surface area contributed by atoms with Gasteiger partial charge in [0, 0.05) is 22.7 Å². The number of hydrogen-bond acceptors (Lipinski definition) is 4. The van der Waals surface area contributed by atoms with Crippen molar-refractivity contribution in [3.63, 3.8) is 0 Å². The van der Waals surface area contributed by atoms with Gasteiger partial charge in [-0.15, -0.1) is 22.7 Å². The SMILES string of the molecule is Cc1nc(-c2ccc(CCNC(=O)C3C4CC5CC(C4)CC3C5)s2)cs1. The molecule has 1 N–H and O–H groups in total. The second-order valence-electron chi connectivity index (χ2n) is 8.52. The Labute approximate surface area is 163 Å². The summed E-state index contributed by atoms with van der Waals surface area (Å²) in [6.45, 7) is 2.81. The first-order valence-corrected chi connectivity index (χ1v) is 11.6. The number of nitrogens with zero attached hydrogens (tertiary/aromatic N) is 1. The van der Waals surface area contributed by atoms with E-state index in [9.17, 15) is 4.79 Å². The second kappa shape index (κ2) is 6.75. The molecule has 4 saturated carbocycles. The third-order valence-electron chi connectivity index (χ3n) is 6.73. The van der Waals surface area contributed by atoms with Gasteiger partial charge in [-0.05, 0) is 81.3 Å². The lowest BCUT2D eigenvalue weighted by atomic mass is 9.51. The Morgan fingerprint density at radius 1 is 1.15 bits per heavy atom. The predicted octanol–water partition coefficient (Wildman–Crippen LogP) is 4.91. The molecule has 2 aromatic heterocycles. The highest BCUT2D eigenvalue weighted by molar-refractivity contribution is 7.16. The summed E-state index contributed by atoms with van der Waals surface area (Å²) < 4.78 is 0. The molecule has 0 unspecified atom stereocenters. The first kappa shape index (κ1) is 16.9. The number of carbonyl (C=O) groups excluding carboxylic acids is 1. The molecule has 2 heterocycles. The Morgan fingerprint density at radius 3 is 2.54 bits per heavy atom. The molecular formula is C21H26N2OS2. The van der Waals surface area contributed by atoms with Gasteiger partial charge in [0.25, 0.3) is 0 Å². The highest BCUT2D eigenvalue weighted by Gasteiger charge is 2.50. The monoisotopic (exact) mass is 386 g/mol. The van der Waals surface area contributed by atoms with Crippen LogP contribution >= 0.6 is 22.7 Å². The quantitative estimate of drug-likeness (QED) is 0.793. The molecule has 2 aromatic rings. The molecule has 0 radical (unpaired) electrons. The molecule has 0 spiro atoms. The Kier molecular flexibility index (Phi) is 4.40. The molecule has 1 amide bonds. The van der Waals surface area contributed by atoms with Crippen LogP contribution < -0.4 is 5.32 Å². The van der Waals surface area contributed by atoms with E-state index >= 15 is 0 Å². The van der Waals surface area contributed by atoms with Crippen LogP contribution in [0.2, 0.25) is 0 Å². The summed E-state index contributed by atoms with van der Waals surface area (Å²) in [5.41, 5.74) is 1.08. The minimum Gasteiger partial charge on any atom is -0.355 e. The van der Waals surface area contributed by atoms with Gasteiger partial charge in [-0.25, -0.2) is 4.98 Å². The highest BCUT2D eigenvalue weighted by atomic mass is 32.1. The number of nitrogens with one attached hydrogen (secondary N) is 1. The average Bonchev–Trinajstić information content (AvgIpc) is 3.23. The van der Waals surface area contributed by atoms with Gasteiger partial charge in [-0.3, -0.25) is 4.79 Å². The molecule has 5 heteroatoms. The lowest BCUT2D eigenvalue weighted by molar-refractivity contribution is -0.138. The predicted molar refractivity (Wildman–Crippen MR) is 107 cm³/mol. The zero-order chi connectivity index (χ0) is 17.7. The number of aromatic nitrogens is 1. The minimum atomic E-state index is 0.305. The van der Waals surface area contributed by atoms with Gasteiger partial charge in [0.15, 0.2) is 0 Å². The van der Waals surface area contributed by atoms with E-state index in [0.717, 1.165) is 35.5 Å². The Balaban J connectivity index is 1.16. The van der Waals surface area contributed by atoms with Crippen molar-refractivity contribution < 1.29 is 4.79 Å². The smallest absolute Gasteiger partial charge is 0.223 e. The van der Waals surface area contributed by atoms with Crippen LogP contribution in [0.1, 0.15) is 42.0 Å². The molecule has 4 aliphatic carbocycles. The molecule has 0 atom stereocenters. The average molecular weight is 387 g/mol. The Morgan fingerprint density at radius 2 is 1.88 bits per heavy atom. The van der Waals surface area contributed by atoms with E-state index in [1.807, 2.05) is 6.92 Å². The second-order valence-corrected chi connectivity index (χ2v) is 10.7. The largest absolute Gasteiger partial charge is 0.355 e. The van der Waals surface area contributed by atoms with Gasteiger partial charge < -0.3 is 5.32 Å². The molecule has 4 bridgehead atoms. The molecule has 6 rings (SSSR count). The number of thiazole rings is 1. The van der Waals surface area contributed by atoms with Crippen LogP contribution in [0.25, 0.3) is 10.6 Å². The third-order valence-corrected chi connectivity index (χ3v) is 8.67. The first-order valence-electron chi connectivity index (χ1n) is 9.94. The maximum atomic E-state index is 12.8. The van der Waals surface area contributed by atoms with Crippen molar-refractivity contribution in [3.8, 4) is 10.6 Å². The van der Waals surface area contributed by atoms with Gasteiger partial charge in [0.1, 0.15) is 0 Å². The van der Waals surface area contributed by atoms with Crippen molar-refractivity contribution in [1.82, 2.24) is 10.3 Å². The van der Waals surface area contributed by atoms with Gasteiger partial charge in [0.05, 0.1) is 15.6 Å². The highest BCUT2D eigenvalue weighted by Crippen LogP contribution is 2.56. The van der Waals surface area contributed by atoms with Gasteiger partial charge >= 0.3 is 0 Å². The normalized spacial score (nSPS) is 32.1. The Hall–Kier alpha value is -1.20. The van der Waals surface area contributed by atoms with Crippen LogP contribution in [0.4, 0.5) is 0 Å². The standard InChI is InChI=1S/C21H26N2OS2/c1-12-23-18(11-25-12)19-3-2-17(26-19)4-5-22-21(24)20-15-7-13-6-14(9-15)10-16(20)8-13/h2-3,11,13-16,20H,4-10H2,1H3,(H,22,24). The maximum Gasteiger partial charge on any atom is 0.223 e. The Bertz CT molecular complexity index is 781. The van der Waals surface area contributed by atoms with Crippen LogP contribution in [0, 0.1) is 36.5 Å². The van der Waals surface area contributed by atoms with E-state index in [2.05, 4.69) is 27.8 Å². The van der Waals surface area contributed by atoms with Crippen molar-refractivity contribution in [2.24, 2.45) is 29.6 Å². The summed E-state index contributed by atoms with van der Waals surface area (Å²) >= 11 is 3.50. The molecule has 26 heavy (non-hydrogen) atoms. The number of amides is 1. The van der Waals surface area contributed by atoms with Gasteiger partial charge in [-0.2, -0.15) is 0 Å². The fraction of sp³-hybridized carbons (Fsp3) is 0.619. The lowest BCUT2D eigenvalue weighted by Crippen LogP contribution is -2.51. The topological polar surface area (TPSA) is 42.0 Å². The van der Waals surface area contributed by atoms with Gasteiger partial charge in [0.2, 0.25) is 5.91 Å². The van der Waals surface area contributed by atoms with E-state index in [-0.39, 0.29) is 0 Å². The fourth-order valence-corrected chi connectivity index (χ4v) is 7.56. The van der Waals surface area contributed by atoms with E-state index in [0.29, 0.717) is 23.7 Å². The van der Waals surface area contributed by atoms with Crippen LogP contribution in [0.15, 0.2) is 17.5 Å². The fourth-order valence-electron chi connectivity index (χ4n) is 5.91. The molecule has 3 nitrogen and oxygen atoms in total. The number of hydrogen-bond donors (Lipinski definition) is 1. The van der Waals surface area contributed by atoms with Gasteiger partial charge in [-0.1, -0.05) is 0 Å². The van der Waals surface area contributed by atoms with E-state index < -0.39 is 0 Å². The maximum absolute atomic E-state index is 12.8. The van der Waals surface area contributed by atoms with Crippen LogP contribution in [0.5, 0.6) is 0 Å². The van der Waals surface area contributed by atoms with E-state index in [4.69, 9.17) is 0 Å². The third kappa shape index (κ3) is 3.13. The molecule has 0 saturated heterocycles. The van der Waals surface area contributed by atoms with Crippen LogP contribution in [0.3, 0.4) is 0 Å². The summed E-state index contributed by atoms with van der Waals surface area (Å²) in [6.07, 6.45) is 7.62. The summed E-state index contributed by atoms with van der Waals surface area (Å²) in [7, 11) is 0. The van der Waals surface area contributed by atoms with Crippen molar-refractivity contribution in [2.45, 2.75) is 45.4 Å². The van der Waals surface area contributed by atoms with Crippen molar-refractivity contribution >= 4 is 28.6 Å². The minimum absolute atomic E-state index is 0.305. The summed E-state index contributed by atoms with van der Waals surface area (Å²) in [4.78, 5) is 20.0.